The van der Waals surface area contributed by atoms with Gasteiger partial charge in [0.1, 0.15) is 6.04 Å². The Hall–Kier alpha value is -1.10. The van der Waals surface area contributed by atoms with Crippen LogP contribution in [-0.2, 0) is 9.59 Å². The van der Waals surface area contributed by atoms with E-state index in [2.05, 4.69) is 10.6 Å². The van der Waals surface area contributed by atoms with Crippen LogP contribution in [0.2, 0.25) is 0 Å². The summed E-state index contributed by atoms with van der Waals surface area (Å²) in [4.78, 5) is 22.6. The van der Waals surface area contributed by atoms with E-state index >= 15 is 0 Å². The van der Waals surface area contributed by atoms with Gasteiger partial charge in [-0.25, -0.2) is 4.79 Å². The molecule has 0 radical (unpaired) electrons. The van der Waals surface area contributed by atoms with E-state index in [-0.39, 0.29) is 5.91 Å². The molecule has 5 heteroatoms. The minimum absolute atomic E-state index is 0.214. The normalized spacial score (nSPS) is 27.3. The van der Waals surface area contributed by atoms with Crippen molar-refractivity contribution in [1.29, 1.82) is 0 Å². The Morgan fingerprint density at radius 1 is 1.60 bits per heavy atom. The molecule has 1 saturated heterocycles. The molecule has 1 aliphatic heterocycles. The maximum absolute atomic E-state index is 11.8. The third-order valence-corrected chi connectivity index (χ3v) is 2.88. The third kappa shape index (κ3) is 2.68. The third-order valence-electron chi connectivity index (χ3n) is 2.88. The van der Waals surface area contributed by atoms with Crippen LogP contribution in [0.5, 0.6) is 0 Å². The Kier molecular flexibility index (Phi) is 3.68. The predicted molar refractivity (Wildman–Crippen MR) is 55.5 cm³/mol. The highest BCUT2D eigenvalue weighted by atomic mass is 16.4. The van der Waals surface area contributed by atoms with E-state index in [1.807, 2.05) is 6.92 Å². The van der Waals surface area contributed by atoms with Crippen molar-refractivity contribution in [3.63, 3.8) is 0 Å². The number of carbonyl (C=O) groups excluding carboxylic acids is 1. The van der Waals surface area contributed by atoms with Crippen LogP contribution in [-0.4, -0.2) is 35.1 Å². The Morgan fingerprint density at radius 2 is 2.27 bits per heavy atom. The Morgan fingerprint density at radius 3 is 2.67 bits per heavy atom. The molecule has 0 bridgehead atoms. The maximum atomic E-state index is 11.8. The fourth-order valence-corrected chi connectivity index (χ4v) is 1.74. The fraction of sp³-hybridized carbons (Fsp3) is 0.800. The van der Waals surface area contributed by atoms with Crippen molar-refractivity contribution in [1.82, 2.24) is 10.6 Å². The van der Waals surface area contributed by atoms with E-state index in [1.165, 1.54) is 0 Å². The number of nitrogens with one attached hydrogen (secondary N) is 2. The summed E-state index contributed by atoms with van der Waals surface area (Å²) in [6.45, 7) is 4.36. The van der Waals surface area contributed by atoms with Gasteiger partial charge in [0.25, 0.3) is 0 Å². The summed E-state index contributed by atoms with van der Waals surface area (Å²) in [6, 6.07) is -0.781. The lowest BCUT2D eigenvalue weighted by atomic mass is 9.98. The van der Waals surface area contributed by atoms with Gasteiger partial charge in [-0.1, -0.05) is 6.92 Å². The fourth-order valence-electron chi connectivity index (χ4n) is 1.74. The number of carboxylic acids is 1. The number of hydrogen-bond acceptors (Lipinski definition) is 3. The second-order valence-electron chi connectivity index (χ2n) is 4.13. The molecule has 0 aromatic rings. The number of aliphatic carboxylic acids is 1. The minimum Gasteiger partial charge on any atom is -0.480 e. The molecule has 0 aliphatic carbocycles. The number of carboxylic acid groups (broad SMARTS) is 1. The van der Waals surface area contributed by atoms with Gasteiger partial charge in [0.15, 0.2) is 0 Å². The first-order chi connectivity index (χ1) is 6.99. The van der Waals surface area contributed by atoms with Crippen LogP contribution in [0.3, 0.4) is 0 Å². The van der Waals surface area contributed by atoms with E-state index in [0.717, 1.165) is 19.4 Å². The highest BCUT2D eigenvalue weighted by Gasteiger charge is 2.37. The van der Waals surface area contributed by atoms with Gasteiger partial charge in [-0.05, 0) is 32.7 Å². The van der Waals surface area contributed by atoms with Crippen LogP contribution in [0.25, 0.3) is 0 Å². The first kappa shape index (κ1) is 12.0. The van der Waals surface area contributed by atoms with Crippen molar-refractivity contribution in [3.05, 3.63) is 0 Å². The van der Waals surface area contributed by atoms with Crippen molar-refractivity contribution in [2.75, 3.05) is 6.54 Å². The summed E-state index contributed by atoms with van der Waals surface area (Å²) in [7, 11) is 0. The topological polar surface area (TPSA) is 78.4 Å². The highest BCUT2D eigenvalue weighted by molar-refractivity contribution is 5.90. The largest absolute Gasteiger partial charge is 0.480 e. The molecule has 0 aromatic carbocycles. The van der Waals surface area contributed by atoms with Gasteiger partial charge in [-0.2, -0.15) is 0 Å². The van der Waals surface area contributed by atoms with Crippen molar-refractivity contribution < 1.29 is 14.7 Å². The molecule has 0 aromatic heterocycles. The molecule has 2 atom stereocenters. The van der Waals surface area contributed by atoms with Crippen molar-refractivity contribution in [3.8, 4) is 0 Å². The molecule has 1 heterocycles. The van der Waals surface area contributed by atoms with Gasteiger partial charge in [-0.15, -0.1) is 0 Å². The zero-order valence-corrected chi connectivity index (χ0v) is 9.17. The quantitative estimate of drug-likeness (QED) is 0.620. The van der Waals surface area contributed by atoms with Crippen LogP contribution < -0.4 is 10.6 Å². The number of rotatable bonds is 4. The first-order valence-corrected chi connectivity index (χ1v) is 5.28. The van der Waals surface area contributed by atoms with Gasteiger partial charge in [0.2, 0.25) is 5.91 Å². The molecule has 0 saturated carbocycles. The summed E-state index contributed by atoms with van der Waals surface area (Å²) < 4.78 is 0. The molecule has 1 rings (SSSR count). The number of hydrogen-bond donors (Lipinski definition) is 3. The van der Waals surface area contributed by atoms with Gasteiger partial charge in [-0.3, -0.25) is 4.79 Å². The van der Waals surface area contributed by atoms with Crippen molar-refractivity contribution in [2.45, 2.75) is 44.7 Å². The summed E-state index contributed by atoms with van der Waals surface area (Å²) in [5.41, 5.74) is -0.594. The lowest BCUT2D eigenvalue weighted by molar-refractivity contribution is -0.142. The standard InChI is InChI=1S/C10H18N2O3/c1-3-7(8(13)14)12-9(15)10(2)5-4-6-11-10/h7,11H,3-6H2,1-2H3,(H,12,15)(H,13,14)/t7-,10?/m1/s1. The lowest BCUT2D eigenvalue weighted by Gasteiger charge is -2.25. The highest BCUT2D eigenvalue weighted by Crippen LogP contribution is 2.18. The lowest BCUT2D eigenvalue weighted by Crippen LogP contribution is -2.55. The average Bonchev–Trinajstić information content (AvgIpc) is 2.61. The predicted octanol–water partition coefficient (Wildman–Crippen LogP) is 0.108. The molecule has 5 nitrogen and oxygen atoms in total. The Balaban J connectivity index is 2.57. The molecular formula is C10H18N2O3. The molecule has 15 heavy (non-hydrogen) atoms. The van der Waals surface area contributed by atoms with Crippen LogP contribution in [0.4, 0.5) is 0 Å². The molecular weight excluding hydrogens is 196 g/mol. The van der Waals surface area contributed by atoms with Gasteiger partial charge in [0.05, 0.1) is 5.54 Å². The second-order valence-corrected chi connectivity index (χ2v) is 4.13. The van der Waals surface area contributed by atoms with Gasteiger partial charge in [0, 0.05) is 0 Å². The van der Waals surface area contributed by atoms with Crippen LogP contribution in [0, 0.1) is 0 Å². The Labute approximate surface area is 89.2 Å². The summed E-state index contributed by atoms with van der Waals surface area (Å²) in [6.07, 6.45) is 2.11. The van der Waals surface area contributed by atoms with E-state index in [4.69, 9.17) is 5.11 Å². The number of carbonyl (C=O) groups is 2. The molecule has 0 spiro atoms. The first-order valence-electron chi connectivity index (χ1n) is 5.28. The molecule has 1 aliphatic rings. The average molecular weight is 214 g/mol. The Bertz CT molecular complexity index is 259. The molecule has 1 amide bonds. The summed E-state index contributed by atoms with van der Waals surface area (Å²) >= 11 is 0. The van der Waals surface area contributed by atoms with Gasteiger partial charge < -0.3 is 15.7 Å². The molecule has 1 fully saturated rings. The summed E-state index contributed by atoms with van der Waals surface area (Å²) in [5, 5.41) is 14.5. The van der Waals surface area contributed by atoms with E-state index in [0.29, 0.717) is 6.42 Å². The van der Waals surface area contributed by atoms with E-state index in [1.54, 1.807) is 6.92 Å². The smallest absolute Gasteiger partial charge is 0.326 e. The SMILES string of the molecule is CC[C@@H](NC(=O)C1(C)CCCN1)C(=O)O. The van der Waals surface area contributed by atoms with E-state index < -0.39 is 17.6 Å². The van der Waals surface area contributed by atoms with Crippen LogP contribution in [0.15, 0.2) is 0 Å². The zero-order valence-electron chi connectivity index (χ0n) is 9.17. The summed E-state index contributed by atoms with van der Waals surface area (Å²) in [5.74, 6) is -1.19. The van der Waals surface area contributed by atoms with Crippen molar-refractivity contribution >= 4 is 11.9 Å². The molecule has 86 valence electrons. The van der Waals surface area contributed by atoms with Gasteiger partial charge >= 0.3 is 5.97 Å². The zero-order chi connectivity index (χ0) is 11.5. The molecule has 1 unspecified atom stereocenters. The molecule has 3 N–H and O–H groups in total. The van der Waals surface area contributed by atoms with Crippen molar-refractivity contribution in [2.24, 2.45) is 0 Å². The monoisotopic (exact) mass is 214 g/mol. The minimum atomic E-state index is -0.979. The van der Waals surface area contributed by atoms with E-state index in [9.17, 15) is 9.59 Å². The van der Waals surface area contributed by atoms with Crippen LogP contribution in [0.1, 0.15) is 33.1 Å². The van der Waals surface area contributed by atoms with Crippen LogP contribution >= 0.6 is 0 Å². The maximum Gasteiger partial charge on any atom is 0.326 e. The second kappa shape index (κ2) is 4.61. The number of amides is 1.